The fourth-order valence-corrected chi connectivity index (χ4v) is 1.90. The fraction of sp³-hybridized carbons (Fsp3) is 0.133. The molecule has 0 aromatic heterocycles. The molecule has 110 valence electrons. The third-order valence-corrected chi connectivity index (χ3v) is 2.96. The van der Waals surface area contributed by atoms with E-state index in [2.05, 4.69) is 5.32 Å². The zero-order chi connectivity index (χ0) is 15.4. The molecule has 0 saturated heterocycles. The Morgan fingerprint density at radius 2 is 1.95 bits per heavy atom. The highest BCUT2D eigenvalue weighted by Crippen LogP contribution is 2.20. The number of carbonyl (C=O) groups is 1. The third kappa shape index (κ3) is 4.16. The molecule has 0 heterocycles. The highest BCUT2D eigenvalue weighted by Gasteiger charge is 2.08. The first-order chi connectivity index (χ1) is 9.95. The summed E-state index contributed by atoms with van der Waals surface area (Å²) in [5, 5.41) is 3.22. The van der Waals surface area contributed by atoms with E-state index in [4.69, 9.17) is 16.3 Å². The number of ether oxygens (including phenoxy) is 1. The molecule has 0 unspecified atom stereocenters. The first kappa shape index (κ1) is 15.3. The lowest BCUT2D eigenvalue weighted by molar-refractivity contribution is -0.118. The van der Waals surface area contributed by atoms with E-state index in [-0.39, 0.29) is 12.4 Å². The van der Waals surface area contributed by atoms with Gasteiger partial charge in [-0.1, -0.05) is 11.6 Å². The molecular formula is C15H12ClF2NO2. The molecular weight excluding hydrogens is 300 g/mol. The molecule has 0 radical (unpaired) electrons. The second-order valence-electron chi connectivity index (χ2n) is 4.37. The van der Waals surface area contributed by atoms with Crippen molar-refractivity contribution >= 4 is 23.2 Å². The van der Waals surface area contributed by atoms with Crippen LogP contribution >= 0.6 is 11.6 Å². The van der Waals surface area contributed by atoms with E-state index in [1.165, 1.54) is 6.07 Å². The molecule has 1 N–H and O–H groups in total. The molecule has 3 nitrogen and oxygen atoms in total. The number of aryl methyl sites for hydroxylation is 1. The van der Waals surface area contributed by atoms with Crippen molar-refractivity contribution in [2.75, 3.05) is 11.9 Å². The minimum atomic E-state index is -1.03. The Hall–Kier alpha value is -2.14. The number of hydrogen-bond donors (Lipinski definition) is 1. The van der Waals surface area contributed by atoms with Gasteiger partial charge in [-0.25, -0.2) is 8.78 Å². The van der Waals surface area contributed by atoms with Gasteiger partial charge in [-0.05, 0) is 42.8 Å². The van der Waals surface area contributed by atoms with Crippen LogP contribution in [0.4, 0.5) is 14.5 Å². The van der Waals surface area contributed by atoms with Gasteiger partial charge < -0.3 is 10.1 Å². The summed E-state index contributed by atoms with van der Waals surface area (Å²) in [5.74, 6) is -2.33. The number of anilines is 1. The molecule has 0 bridgehead atoms. The highest BCUT2D eigenvalue weighted by atomic mass is 35.5. The van der Waals surface area contributed by atoms with Crippen molar-refractivity contribution in [3.8, 4) is 5.75 Å². The van der Waals surface area contributed by atoms with Crippen LogP contribution in [0.2, 0.25) is 5.02 Å². The van der Waals surface area contributed by atoms with Crippen LogP contribution in [0.1, 0.15) is 5.56 Å². The van der Waals surface area contributed by atoms with Gasteiger partial charge >= 0.3 is 0 Å². The van der Waals surface area contributed by atoms with Crippen molar-refractivity contribution in [2.45, 2.75) is 6.92 Å². The number of nitrogens with one attached hydrogen (secondary N) is 1. The predicted molar refractivity (Wildman–Crippen MR) is 76.7 cm³/mol. The number of halogens is 3. The van der Waals surface area contributed by atoms with Gasteiger partial charge in [-0.3, -0.25) is 4.79 Å². The molecule has 2 rings (SSSR count). The molecule has 0 aliphatic carbocycles. The number of hydrogen-bond acceptors (Lipinski definition) is 2. The molecule has 0 aliphatic rings. The first-order valence-electron chi connectivity index (χ1n) is 6.09. The highest BCUT2D eigenvalue weighted by molar-refractivity contribution is 6.30. The van der Waals surface area contributed by atoms with Crippen LogP contribution in [0.25, 0.3) is 0 Å². The van der Waals surface area contributed by atoms with Crippen LogP contribution in [-0.4, -0.2) is 12.5 Å². The fourth-order valence-electron chi connectivity index (χ4n) is 1.67. The van der Waals surface area contributed by atoms with E-state index in [1.807, 2.05) is 0 Å². The lowest BCUT2D eigenvalue weighted by Gasteiger charge is -2.10. The quantitative estimate of drug-likeness (QED) is 0.928. The Morgan fingerprint density at radius 1 is 1.19 bits per heavy atom. The van der Waals surface area contributed by atoms with Gasteiger partial charge in [0, 0.05) is 16.8 Å². The smallest absolute Gasteiger partial charge is 0.262 e. The first-order valence-corrected chi connectivity index (χ1v) is 6.47. The Bertz CT molecular complexity index is 677. The molecule has 0 aliphatic heterocycles. The lowest BCUT2D eigenvalue weighted by Crippen LogP contribution is -2.20. The zero-order valence-corrected chi connectivity index (χ0v) is 11.9. The zero-order valence-electron chi connectivity index (χ0n) is 11.1. The summed E-state index contributed by atoms with van der Waals surface area (Å²) < 4.78 is 30.8. The predicted octanol–water partition coefficient (Wildman–Crippen LogP) is 3.94. The van der Waals surface area contributed by atoms with Gasteiger partial charge in [0.15, 0.2) is 18.2 Å². The SMILES string of the molecule is Cc1cc(Cl)ccc1NC(=O)COc1ccc(F)c(F)c1. The second-order valence-corrected chi connectivity index (χ2v) is 4.81. The van der Waals surface area contributed by atoms with Gasteiger partial charge in [0.2, 0.25) is 0 Å². The minimum absolute atomic E-state index is 0.0804. The van der Waals surface area contributed by atoms with Crippen LogP contribution in [-0.2, 0) is 4.79 Å². The maximum Gasteiger partial charge on any atom is 0.262 e. The molecule has 0 spiro atoms. The van der Waals surface area contributed by atoms with E-state index in [1.54, 1.807) is 25.1 Å². The minimum Gasteiger partial charge on any atom is -0.484 e. The molecule has 0 atom stereocenters. The molecule has 21 heavy (non-hydrogen) atoms. The molecule has 2 aromatic carbocycles. The normalized spacial score (nSPS) is 10.3. The maximum absolute atomic E-state index is 13.0. The maximum atomic E-state index is 13.0. The van der Waals surface area contributed by atoms with Gasteiger partial charge in [0.25, 0.3) is 5.91 Å². The molecule has 0 fully saturated rings. The summed E-state index contributed by atoms with van der Waals surface area (Å²) in [4.78, 5) is 11.7. The van der Waals surface area contributed by atoms with E-state index < -0.39 is 17.5 Å². The molecule has 0 saturated carbocycles. The largest absolute Gasteiger partial charge is 0.484 e. The average Bonchev–Trinajstić information content (AvgIpc) is 2.43. The van der Waals surface area contributed by atoms with Crippen LogP contribution in [0.5, 0.6) is 5.75 Å². The van der Waals surface area contributed by atoms with Crippen LogP contribution in [0, 0.1) is 18.6 Å². The van der Waals surface area contributed by atoms with Gasteiger partial charge in [-0.15, -0.1) is 0 Å². The molecule has 6 heteroatoms. The summed E-state index contributed by atoms with van der Waals surface area (Å²) in [6, 6.07) is 8.11. The van der Waals surface area contributed by atoms with E-state index in [0.717, 1.165) is 17.7 Å². The van der Waals surface area contributed by atoms with Gasteiger partial charge in [0.05, 0.1) is 0 Å². The number of benzene rings is 2. The standard InChI is InChI=1S/C15H12ClF2NO2/c1-9-6-10(16)2-5-14(9)19-15(20)8-21-11-3-4-12(17)13(18)7-11/h2-7H,8H2,1H3,(H,19,20). The van der Waals surface area contributed by atoms with Crippen molar-refractivity contribution in [3.63, 3.8) is 0 Å². The Labute approximate surface area is 125 Å². The monoisotopic (exact) mass is 311 g/mol. The second kappa shape index (κ2) is 6.54. The van der Waals surface area contributed by atoms with Crippen molar-refractivity contribution in [1.82, 2.24) is 0 Å². The van der Waals surface area contributed by atoms with Crippen molar-refractivity contribution in [1.29, 1.82) is 0 Å². The van der Waals surface area contributed by atoms with Crippen molar-refractivity contribution < 1.29 is 18.3 Å². The average molecular weight is 312 g/mol. The number of rotatable bonds is 4. The van der Waals surface area contributed by atoms with Crippen LogP contribution in [0.3, 0.4) is 0 Å². The van der Waals surface area contributed by atoms with E-state index >= 15 is 0 Å². The van der Waals surface area contributed by atoms with Crippen LogP contribution in [0.15, 0.2) is 36.4 Å². The van der Waals surface area contributed by atoms with Gasteiger partial charge in [-0.2, -0.15) is 0 Å². The van der Waals surface area contributed by atoms with Crippen molar-refractivity contribution in [2.24, 2.45) is 0 Å². The summed E-state index contributed by atoms with van der Waals surface area (Å²) in [6.45, 7) is 1.49. The van der Waals surface area contributed by atoms with E-state index in [0.29, 0.717) is 10.7 Å². The molecule has 2 aromatic rings. The summed E-state index contributed by atoms with van der Waals surface area (Å²) in [6.07, 6.45) is 0. The van der Waals surface area contributed by atoms with Crippen LogP contribution < -0.4 is 10.1 Å². The summed E-state index contributed by atoms with van der Waals surface area (Å²) in [5.41, 5.74) is 1.42. The topological polar surface area (TPSA) is 38.3 Å². The number of amides is 1. The van der Waals surface area contributed by atoms with Gasteiger partial charge in [0.1, 0.15) is 5.75 Å². The van der Waals surface area contributed by atoms with Crippen molar-refractivity contribution in [3.05, 3.63) is 58.6 Å². The third-order valence-electron chi connectivity index (χ3n) is 2.72. The lowest BCUT2D eigenvalue weighted by atomic mass is 10.2. The Morgan fingerprint density at radius 3 is 2.62 bits per heavy atom. The Balaban J connectivity index is 1.94. The van der Waals surface area contributed by atoms with E-state index in [9.17, 15) is 13.6 Å². The molecule has 1 amide bonds. The Kier molecular flexibility index (Phi) is 4.75. The number of carbonyl (C=O) groups excluding carboxylic acids is 1. The summed E-state index contributed by atoms with van der Waals surface area (Å²) in [7, 11) is 0. The summed E-state index contributed by atoms with van der Waals surface area (Å²) >= 11 is 5.82.